The van der Waals surface area contributed by atoms with Crippen LogP contribution in [0.25, 0.3) is 0 Å². The van der Waals surface area contributed by atoms with E-state index < -0.39 is 0 Å². The Morgan fingerprint density at radius 2 is 1.48 bits per heavy atom. The molecule has 3 aromatic rings. The number of hydrogen-bond donors (Lipinski definition) is 1. The standard InChI is InChI=1S/C25H24ClN3O2/c1-18-6-2-3-7-21(18)24(30)27-22-8-4-5-9-23(22)28-14-16-29(17-15-28)25(31)19-10-12-20(26)13-11-19/h2-13H,14-17H2,1H3,(H,27,30). The predicted octanol–water partition coefficient (Wildman–Crippen LogP) is 4.86. The van der Waals surface area contributed by atoms with Crippen molar-refractivity contribution in [3.05, 3.63) is 94.5 Å². The molecule has 0 atom stereocenters. The van der Waals surface area contributed by atoms with Gasteiger partial charge in [0.1, 0.15) is 0 Å². The third-order valence-electron chi connectivity index (χ3n) is 5.54. The minimum Gasteiger partial charge on any atom is -0.366 e. The van der Waals surface area contributed by atoms with Crippen LogP contribution in [0.3, 0.4) is 0 Å². The summed E-state index contributed by atoms with van der Waals surface area (Å²) in [5, 5.41) is 3.67. The van der Waals surface area contributed by atoms with E-state index in [1.807, 2.05) is 60.4 Å². The lowest BCUT2D eigenvalue weighted by atomic mass is 10.1. The molecule has 3 aromatic carbocycles. The van der Waals surface area contributed by atoms with Crippen molar-refractivity contribution < 1.29 is 9.59 Å². The van der Waals surface area contributed by atoms with E-state index in [1.54, 1.807) is 24.3 Å². The third kappa shape index (κ3) is 4.72. The number of nitrogens with one attached hydrogen (secondary N) is 1. The summed E-state index contributed by atoms with van der Waals surface area (Å²) >= 11 is 5.93. The zero-order chi connectivity index (χ0) is 21.8. The van der Waals surface area contributed by atoms with Crippen LogP contribution in [0.1, 0.15) is 26.3 Å². The highest BCUT2D eigenvalue weighted by Gasteiger charge is 2.24. The summed E-state index contributed by atoms with van der Waals surface area (Å²) in [4.78, 5) is 29.6. The van der Waals surface area contributed by atoms with Crippen molar-refractivity contribution in [3.8, 4) is 0 Å². The van der Waals surface area contributed by atoms with Crippen molar-refractivity contribution in [2.45, 2.75) is 6.92 Å². The number of carbonyl (C=O) groups is 2. The maximum absolute atomic E-state index is 12.8. The van der Waals surface area contributed by atoms with E-state index in [9.17, 15) is 9.59 Å². The molecule has 0 unspecified atom stereocenters. The topological polar surface area (TPSA) is 52.7 Å². The highest BCUT2D eigenvalue weighted by molar-refractivity contribution is 6.30. The fourth-order valence-electron chi connectivity index (χ4n) is 3.80. The monoisotopic (exact) mass is 433 g/mol. The van der Waals surface area contributed by atoms with Crippen molar-refractivity contribution in [3.63, 3.8) is 0 Å². The van der Waals surface area contributed by atoms with Crippen LogP contribution in [0.4, 0.5) is 11.4 Å². The Bertz CT molecular complexity index is 1090. The number of nitrogens with zero attached hydrogens (tertiary/aromatic N) is 2. The first-order chi connectivity index (χ1) is 15.0. The fraction of sp³-hybridized carbons (Fsp3) is 0.200. The smallest absolute Gasteiger partial charge is 0.255 e. The van der Waals surface area contributed by atoms with Crippen molar-refractivity contribution in [1.29, 1.82) is 0 Å². The van der Waals surface area contributed by atoms with Gasteiger partial charge in [-0.05, 0) is 55.0 Å². The second kappa shape index (κ2) is 9.23. The second-order valence-electron chi connectivity index (χ2n) is 7.57. The molecule has 6 heteroatoms. The number of hydrogen-bond acceptors (Lipinski definition) is 3. The molecule has 4 rings (SSSR count). The molecule has 1 N–H and O–H groups in total. The number of aryl methyl sites for hydroxylation is 1. The molecule has 1 aliphatic heterocycles. The number of piperazine rings is 1. The minimum atomic E-state index is -0.123. The molecular weight excluding hydrogens is 410 g/mol. The fourth-order valence-corrected chi connectivity index (χ4v) is 3.92. The second-order valence-corrected chi connectivity index (χ2v) is 8.01. The minimum absolute atomic E-state index is 0.0115. The van der Waals surface area contributed by atoms with Crippen LogP contribution < -0.4 is 10.2 Å². The number of rotatable bonds is 4. The SMILES string of the molecule is Cc1ccccc1C(=O)Nc1ccccc1N1CCN(C(=O)c2ccc(Cl)cc2)CC1. The normalized spacial score (nSPS) is 13.7. The number of para-hydroxylation sites is 2. The zero-order valence-electron chi connectivity index (χ0n) is 17.3. The molecular formula is C25H24ClN3O2. The van der Waals surface area contributed by atoms with Gasteiger partial charge in [-0.2, -0.15) is 0 Å². The number of benzene rings is 3. The lowest BCUT2D eigenvalue weighted by Gasteiger charge is -2.37. The van der Waals surface area contributed by atoms with Crippen molar-refractivity contribution in [1.82, 2.24) is 4.90 Å². The van der Waals surface area contributed by atoms with Crippen LogP contribution in [0.5, 0.6) is 0 Å². The molecule has 0 bridgehead atoms. The molecule has 1 fully saturated rings. The van der Waals surface area contributed by atoms with E-state index in [1.165, 1.54) is 0 Å². The molecule has 0 saturated carbocycles. The number of carbonyl (C=O) groups excluding carboxylic acids is 2. The van der Waals surface area contributed by atoms with E-state index in [-0.39, 0.29) is 11.8 Å². The van der Waals surface area contributed by atoms with Crippen LogP contribution in [0.2, 0.25) is 5.02 Å². The number of anilines is 2. The van der Waals surface area contributed by atoms with Gasteiger partial charge in [-0.3, -0.25) is 9.59 Å². The van der Waals surface area contributed by atoms with Crippen molar-refractivity contribution in [2.75, 3.05) is 36.4 Å². The predicted molar refractivity (Wildman–Crippen MR) is 125 cm³/mol. The van der Waals surface area contributed by atoms with E-state index in [0.29, 0.717) is 42.3 Å². The first-order valence-corrected chi connectivity index (χ1v) is 10.7. The Hall–Kier alpha value is -3.31. The highest BCUT2D eigenvalue weighted by Crippen LogP contribution is 2.28. The van der Waals surface area contributed by atoms with E-state index >= 15 is 0 Å². The lowest BCUT2D eigenvalue weighted by molar-refractivity contribution is 0.0746. The van der Waals surface area contributed by atoms with Crippen LogP contribution >= 0.6 is 11.6 Å². The Kier molecular flexibility index (Phi) is 6.23. The Balaban J connectivity index is 1.44. The van der Waals surface area contributed by atoms with Gasteiger partial charge in [0, 0.05) is 42.3 Å². The molecule has 1 saturated heterocycles. The van der Waals surface area contributed by atoms with Gasteiger partial charge in [-0.1, -0.05) is 41.9 Å². The highest BCUT2D eigenvalue weighted by atomic mass is 35.5. The van der Waals surface area contributed by atoms with Gasteiger partial charge in [-0.25, -0.2) is 0 Å². The van der Waals surface area contributed by atoms with Crippen LogP contribution in [-0.4, -0.2) is 42.9 Å². The average Bonchev–Trinajstić information content (AvgIpc) is 2.80. The van der Waals surface area contributed by atoms with Crippen LogP contribution in [0, 0.1) is 6.92 Å². The van der Waals surface area contributed by atoms with E-state index in [0.717, 1.165) is 16.9 Å². The molecule has 1 aliphatic rings. The average molecular weight is 434 g/mol. The first-order valence-electron chi connectivity index (χ1n) is 10.3. The van der Waals surface area contributed by atoms with Gasteiger partial charge in [0.25, 0.3) is 11.8 Å². The molecule has 158 valence electrons. The van der Waals surface area contributed by atoms with E-state index in [4.69, 9.17) is 11.6 Å². The molecule has 0 radical (unpaired) electrons. The molecule has 31 heavy (non-hydrogen) atoms. The number of halogens is 1. The summed E-state index contributed by atoms with van der Waals surface area (Å²) < 4.78 is 0. The van der Waals surface area contributed by atoms with Gasteiger partial charge in [0.05, 0.1) is 11.4 Å². The molecule has 2 amide bonds. The quantitative estimate of drug-likeness (QED) is 0.639. The van der Waals surface area contributed by atoms with Gasteiger partial charge in [0.15, 0.2) is 0 Å². The summed E-state index contributed by atoms with van der Waals surface area (Å²) in [6.07, 6.45) is 0. The summed E-state index contributed by atoms with van der Waals surface area (Å²) in [6, 6.07) is 22.3. The van der Waals surface area contributed by atoms with Gasteiger partial charge < -0.3 is 15.1 Å². The molecule has 0 aromatic heterocycles. The largest absolute Gasteiger partial charge is 0.366 e. The van der Waals surface area contributed by atoms with Crippen molar-refractivity contribution >= 4 is 34.8 Å². The van der Waals surface area contributed by atoms with Gasteiger partial charge in [0.2, 0.25) is 0 Å². The molecule has 5 nitrogen and oxygen atoms in total. The lowest BCUT2D eigenvalue weighted by Crippen LogP contribution is -2.49. The zero-order valence-corrected chi connectivity index (χ0v) is 18.1. The summed E-state index contributed by atoms with van der Waals surface area (Å²) in [7, 11) is 0. The Morgan fingerprint density at radius 1 is 0.839 bits per heavy atom. The Morgan fingerprint density at radius 3 is 2.19 bits per heavy atom. The third-order valence-corrected chi connectivity index (χ3v) is 5.79. The molecule has 0 spiro atoms. The van der Waals surface area contributed by atoms with Crippen LogP contribution in [0.15, 0.2) is 72.8 Å². The first kappa shape index (κ1) is 20.9. The van der Waals surface area contributed by atoms with Crippen LogP contribution in [-0.2, 0) is 0 Å². The molecule has 1 heterocycles. The van der Waals surface area contributed by atoms with Gasteiger partial charge >= 0.3 is 0 Å². The Labute approximate surface area is 187 Å². The van der Waals surface area contributed by atoms with E-state index in [2.05, 4.69) is 10.2 Å². The summed E-state index contributed by atoms with van der Waals surface area (Å²) in [5.41, 5.74) is 3.97. The summed E-state index contributed by atoms with van der Waals surface area (Å²) in [6.45, 7) is 4.54. The number of amides is 2. The maximum atomic E-state index is 12.8. The maximum Gasteiger partial charge on any atom is 0.255 e. The van der Waals surface area contributed by atoms with Gasteiger partial charge in [-0.15, -0.1) is 0 Å². The molecule has 0 aliphatic carbocycles. The van der Waals surface area contributed by atoms with Crippen molar-refractivity contribution in [2.24, 2.45) is 0 Å². The summed E-state index contributed by atoms with van der Waals surface area (Å²) in [5.74, 6) is -0.112.